The van der Waals surface area contributed by atoms with Gasteiger partial charge in [0.2, 0.25) is 5.96 Å². The molecule has 10 heteroatoms. The third-order valence-corrected chi connectivity index (χ3v) is 4.37. The van der Waals surface area contributed by atoms with E-state index < -0.39 is 11.7 Å². The Morgan fingerprint density at radius 1 is 1.19 bits per heavy atom. The summed E-state index contributed by atoms with van der Waals surface area (Å²) in [6.45, 7) is 0. The molecule has 4 N–H and O–H groups in total. The minimum Gasteiger partial charge on any atom is -0.369 e. The van der Waals surface area contributed by atoms with Gasteiger partial charge in [-0.2, -0.15) is 28.5 Å². The summed E-state index contributed by atoms with van der Waals surface area (Å²) in [6.07, 6.45) is -3.49. The topological polar surface area (TPSA) is 103 Å². The molecule has 0 bridgehead atoms. The van der Waals surface area contributed by atoms with Gasteiger partial charge in [0.25, 0.3) is 0 Å². The normalized spacial score (nSPS) is 18.5. The van der Waals surface area contributed by atoms with Gasteiger partial charge in [0, 0.05) is 10.6 Å². The smallest absolute Gasteiger partial charge is 0.369 e. The third-order valence-electron chi connectivity index (χ3n) is 4.03. The Morgan fingerprint density at radius 2 is 1.92 bits per heavy atom. The van der Waals surface area contributed by atoms with Crippen LogP contribution in [0.15, 0.2) is 40.7 Å². The van der Waals surface area contributed by atoms with Crippen molar-refractivity contribution in [1.82, 2.24) is 10.2 Å². The fourth-order valence-corrected chi connectivity index (χ4v) is 3.27. The largest absolute Gasteiger partial charge is 0.418 e. The van der Waals surface area contributed by atoms with Gasteiger partial charge in [-0.05, 0) is 30.4 Å². The Kier molecular flexibility index (Phi) is 4.82. The third kappa shape index (κ3) is 3.62. The summed E-state index contributed by atoms with van der Waals surface area (Å²) >= 11 is 6.24. The van der Waals surface area contributed by atoms with Gasteiger partial charge in [-0.3, -0.25) is 0 Å². The quantitative estimate of drug-likeness (QED) is 0.473. The van der Waals surface area contributed by atoms with Gasteiger partial charge in [-0.15, -0.1) is 5.10 Å². The Balaban J connectivity index is 2.16. The van der Waals surface area contributed by atoms with Crippen molar-refractivity contribution >= 4 is 23.3 Å². The second kappa shape index (κ2) is 6.91. The Hall–Kier alpha value is -2.68. The van der Waals surface area contributed by atoms with Crippen LogP contribution in [-0.2, 0) is 12.6 Å². The molecule has 0 amide bonds. The molecule has 0 saturated carbocycles. The molecule has 1 aromatic heterocycles. The van der Waals surface area contributed by atoms with Crippen LogP contribution >= 0.6 is 11.6 Å². The number of benzene rings is 1. The van der Waals surface area contributed by atoms with E-state index in [4.69, 9.17) is 23.1 Å². The molecule has 1 aromatic carbocycles. The molecule has 136 valence electrons. The number of aromatic nitrogens is 2. The van der Waals surface area contributed by atoms with E-state index in [0.717, 1.165) is 5.56 Å². The van der Waals surface area contributed by atoms with Crippen molar-refractivity contribution in [3.8, 4) is 0 Å². The van der Waals surface area contributed by atoms with Gasteiger partial charge >= 0.3 is 6.18 Å². The number of guanidine groups is 1. The fourth-order valence-electron chi connectivity index (χ4n) is 2.98. The summed E-state index contributed by atoms with van der Waals surface area (Å²) in [4.78, 5) is 0. The molecule has 6 nitrogen and oxygen atoms in total. The van der Waals surface area contributed by atoms with Crippen LogP contribution < -0.4 is 11.5 Å². The predicted molar refractivity (Wildman–Crippen MR) is 91.9 cm³/mol. The maximum atomic E-state index is 13.4. The van der Waals surface area contributed by atoms with Crippen LogP contribution in [0.3, 0.4) is 0 Å². The first kappa shape index (κ1) is 18.1. The Bertz CT molecular complexity index is 890. The van der Waals surface area contributed by atoms with E-state index >= 15 is 0 Å². The van der Waals surface area contributed by atoms with Crippen LogP contribution in [-0.4, -0.2) is 21.9 Å². The van der Waals surface area contributed by atoms with Crippen LogP contribution in [0.25, 0.3) is 0 Å². The molecule has 0 radical (unpaired) electrons. The molecule has 2 aromatic rings. The molecule has 0 aliphatic heterocycles. The number of nitrogens with zero attached hydrogens (tertiary/aromatic N) is 4. The number of rotatable bonds is 2. The maximum Gasteiger partial charge on any atom is 0.418 e. The van der Waals surface area contributed by atoms with Crippen molar-refractivity contribution in [1.29, 1.82) is 0 Å². The van der Waals surface area contributed by atoms with E-state index in [9.17, 15) is 13.2 Å². The molecule has 1 heterocycles. The second-order valence-electron chi connectivity index (χ2n) is 5.78. The lowest BCUT2D eigenvalue weighted by Crippen LogP contribution is -2.27. The summed E-state index contributed by atoms with van der Waals surface area (Å²) in [6, 6.07) is 7.12. The van der Waals surface area contributed by atoms with Crippen LogP contribution in [0.4, 0.5) is 13.2 Å². The zero-order valence-electron chi connectivity index (χ0n) is 13.3. The molecule has 1 atom stereocenters. The molecular weight excluding hydrogens is 369 g/mol. The Labute approximate surface area is 151 Å². The molecule has 26 heavy (non-hydrogen) atoms. The highest BCUT2D eigenvalue weighted by atomic mass is 35.5. The molecule has 1 unspecified atom stereocenters. The number of hydrogen-bond acceptors (Lipinski definition) is 4. The minimum atomic E-state index is -4.60. The average Bonchev–Trinajstić information content (AvgIpc) is 2.58. The number of halogens is 4. The molecule has 0 saturated heterocycles. The van der Waals surface area contributed by atoms with Gasteiger partial charge in [0.1, 0.15) is 0 Å². The standard InChI is InChI=1S/C16H14ClF3N6/c17-11-4-2-1-3-9(11)8-5-12-14(13(6-8)25-26-15(21)22)10(7-23-24-12)16(18,19)20/h1-4,7-8H,5-6H2,(H4,21,22,26)/b25-13+. The first-order valence-electron chi connectivity index (χ1n) is 7.59. The number of alkyl halides is 3. The predicted octanol–water partition coefficient (Wildman–Crippen LogP) is 2.86. The molecule has 0 spiro atoms. The summed E-state index contributed by atoms with van der Waals surface area (Å²) in [5, 5.41) is 15.3. The minimum absolute atomic E-state index is 0.0896. The zero-order valence-corrected chi connectivity index (χ0v) is 14.1. The van der Waals surface area contributed by atoms with Crippen molar-refractivity contribution in [2.45, 2.75) is 24.9 Å². The van der Waals surface area contributed by atoms with Crippen molar-refractivity contribution in [2.24, 2.45) is 21.7 Å². The second-order valence-corrected chi connectivity index (χ2v) is 6.18. The number of hydrogen-bond donors (Lipinski definition) is 2. The first-order valence-corrected chi connectivity index (χ1v) is 7.97. The van der Waals surface area contributed by atoms with E-state index in [1.807, 2.05) is 6.07 Å². The highest BCUT2D eigenvalue weighted by molar-refractivity contribution is 6.31. The SMILES string of the molecule is NC(N)=N/N=C1\CC(c2ccccc2Cl)Cc2nncc(C(F)(F)F)c21. The van der Waals surface area contributed by atoms with E-state index in [2.05, 4.69) is 20.4 Å². The number of nitrogens with two attached hydrogens (primary N) is 2. The van der Waals surface area contributed by atoms with Gasteiger partial charge in [0.05, 0.1) is 23.2 Å². The molecular formula is C16H14ClF3N6. The lowest BCUT2D eigenvalue weighted by atomic mass is 9.80. The summed E-state index contributed by atoms with van der Waals surface area (Å²) < 4.78 is 40.2. The molecule has 0 fully saturated rings. The number of fused-ring (bicyclic) bond motifs is 1. The average molecular weight is 383 g/mol. The summed E-state index contributed by atoms with van der Waals surface area (Å²) in [7, 11) is 0. The van der Waals surface area contributed by atoms with Gasteiger partial charge in [-0.25, -0.2) is 0 Å². The van der Waals surface area contributed by atoms with Crippen LogP contribution in [0.2, 0.25) is 5.02 Å². The fraction of sp³-hybridized carbons (Fsp3) is 0.250. The molecule has 1 aliphatic carbocycles. The Morgan fingerprint density at radius 3 is 2.58 bits per heavy atom. The molecule has 3 rings (SSSR count). The highest BCUT2D eigenvalue weighted by Crippen LogP contribution is 2.40. The lowest BCUT2D eigenvalue weighted by Gasteiger charge is -2.27. The van der Waals surface area contributed by atoms with Crippen LogP contribution in [0, 0.1) is 0 Å². The monoisotopic (exact) mass is 382 g/mol. The van der Waals surface area contributed by atoms with E-state index in [0.29, 0.717) is 11.2 Å². The van der Waals surface area contributed by atoms with E-state index in [-0.39, 0.29) is 41.7 Å². The van der Waals surface area contributed by atoms with Crippen molar-refractivity contribution in [3.05, 3.63) is 57.9 Å². The first-order chi connectivity index (χ1) is 12.3. The van der Waals surface area contributed by atoms with Gasteiger partial charge < -0.3 is 11.5 Å². The van der Waals surface area contributed by atoms with Gasteiger partial charge in [0.15, 0.2) is 0 Å². The van der Waals surface area contributed by atoms with Gasteiger partial charge in [-0.1, -0.05) is 29.8 Å². The van der Waals surface area contributed by atoms with E-state index in [1.54, 1.807) is 18.2 Å². The summed E-state index contributed by atoms with van der Waals surface area (Å²) in [5.41, 5.74) is 10.6. The maximum absolute atomic E-state index is 13.4. The van der Waals surface area contributed by atoms with Crippen molar-refractivity contribution < 1.29 is 13.2 Å². The molecule has 1 aliphatic rings. The van der Waals surface area contributed by atoms with Crippen molar-refractivity contribution in [3.63, 3.8) is 0 Å². The van der Waals surface area contributed by atoms with Crippen LogP contribution in [0.1, 0.15) is 34.7 Å². The van der Waals surface area contributed by atoms with E-state index in [1.165, 1.54) is 0 Å². The van der Waals surface area contributed by atoms with Crippen molar-refractivity contribution in [2.75, 3.05) is 0 Å². The highest BCUT2D eigenvalue weighted by Gasteiger charge is 2.39. The lowest BCUT2D eigenvalue weighted by molar-refractivity contribution is -0.138. The van der Waals surface area contributed by atoms with Crippen LogP contribution in [0.5, 0.6) is 0 Å². The summed E-state index contributed by atoms with van der Waals surface area (Å²) in [5.74, 6) is -0.573. The zero-order chi connectivity index (χ0) is 18.9.